The number of hydrogen-bond donors (Lipinski definition) is 0. The molecule has 0 spiro atoms. The normalized spacial score (nSPS) is 10.7. The number of rotatable bonds is 3. The van der Waals surface area contributed by atoms with Gasteiger partial charge in [0.1, 0.15) is 0 Å². The molecule has 0 radical (unpaired) electrons. The summed E-state index contributed by atoms with van der Waals surface area (Å²) in [7, 11) is 4.17. The second-order valence-electron chi connectivity index (χ2n) is 3.36. The molecule has 0 bridgehead atoms. The van der Waals surface area contributed by atoms with Crippen LogP contribution >= 0.6 is 0 Å². The highest BCUT2D eigenvalue weighted by atomic mass is 15.0. The van der Waals surface area contributed by atoms with Crippen molar-refractivity contribution in [2.24, 2.45) is 0 Å². The summed E-state index contributed by atoms with van der Waals surface area (Å²) in [5.41, 5.74) is 2.40. The number of pyridine rings is 1. The Morgan fingerprint density at radius 1 is 1.33 bits per heavy atom. The molecular formula is C10H16N2. The second kappa shape index (κ2) is 4.21. The van der Waals surface area contributed by atoms with E-state index in [1.54, 1.807) is 0 Å². The molecule has 0 unspecified atom stereocenters. The predicted octanol–water partition coefficient (Wildman–Crippen LogP) is 1.49. The zero-order valence-electron chi connectivity index (χ0n) is 8.04. The lowest BCUT2D eigenvalue weighted by molar-refractivity contribution is 0.413. The number of nitrogens with zero attached hydrogens (tertiary/aromatic N) is 2. The van der Waals surface area contributed by atoms with Gasteiger partial charge in [-0.25, -0.2) is 0 Å². The van der Waals surface area contributed by atoms with Gasteiger partial charge in [0, 0.05) is 18.4 Å². The third kappa shape index (κ3) is 3.01. The van der Waals surface area contributed by atoms with Crippen molar-refractivity contribution in [1.29, 1.82) is 0 Å². The standard InChI is InChI=1S/C10H16N2/c1-9-4-5-10(8-11-9)6-7-12(2)3/h4-5,8H,6-7H2,1-3H3. The maximum Gasteiger partial charge on any atom is 0.0372 e. The van der Waals surface area contributed by atoms with Crippen LogP contribution in [0.3, 0.4) is 0 Å². The van der Waals surface area contributed by atoms with Crippen LogP contribution in [-0.4, -0.2) is 30.5 Å². The minimum absolute atomic E-state index is 1.08. The summed E-state index contributed by atoms with van der Waals surface area (Å²) in [5.74, 6) is 0. The van der Waals surface area contributed by atoms with Crippen LogP contribution in [0.5, 0.6) is 0 Å². The van der Waals surface area contributed by atoms with Gasteiger partial charge in [0.25, 0.3) is 0 Å². The zero-order chi connectivity index (χ0) is 8.97. The molecule has 66 valence electrons. The molecule has 0 saturated heterocycles. The van der Waals surface area contributed by atoms with Crippen LogP contribution in [-0.2, 0) is 6.42 Å². The molecule has 1 aromatic rings. The van der Waals surface area contributed by atoms with E-state index in [0.29, 0.717) is 0 Å². The fourth-order valence-electron chi connectivity index (χ4n) is 0.999. The van der Waals surface area contributed by atoms with Crippen molar-refractivity contribution < 1.29 is 0 Å². The summed E-state index contributed by atoms with van der Waals surface area (Å²) in [6, 6.07) is 4.21. The second-order valence-corrected chi connectivity index (χ2v) is 3.36. The summed E-state index contributed by atoms with van der Waals surface area (Å²) in [4.78, 5) is 6.42. The largest absolute Gasteiger partial charge is 0.309 e. The fraction of sp³-hybridized carbons (Fsp3) is 0.500. The molecular weight excluding hydrogens is 148 g/mol. The molecule has 12 heavy (non-hydrogen) atoms. The van der Waals surface area contributed by atoms with Gasteiger partial charge in [-0.3, -0.25) is 4.98 Å². The van der Waals surface area contributed by atoms with E-state index in [4.69, 9.17) is 0 Å². The van der Waals surface area contributed by atoms with Crippen molar-refractivity contribution in [2.75, 3.05) is 20.6 Å². The van der Waals surface area contributed by atoms with Crippen molar-refractivity contribution in [3.63, 3.8) is 0 Å². The first-order valence-corrected chi connectivity index (χ1v) is 4.25. The zero-order valence-corrected chi connectivity index (χ0v) is 8.04. The molecule has 0 aliphatic rings. The first kappa shape index (κ1) is 9.20. The molecule has 1 aromatic heterocycles. The van der Waals surface area contributed by atoms with E-state index >= 15 is 0 Å². The number of aryl methyl sites for hydroxylation is 1. The maximum absolute atomic E-state index is 4.24. The van der Waals surface area contributed by atoms with Crippen molar-refractivity contribution in [3.05, 3.63) is 29.6 Å². The lowest BCUT2D eigenvalue weighted by Gasteiger charge is -2.08. The van der Waals surface area contributed by atoms with Gasteiger partial charge in [0.05, 0.1) is 0 Å². The van der Waals surface area contributed by atoms with Crippen molar-refractivity contribution in [3.8, 4) is 0 Å². The molecule has 0 amide bonds. The smallest absolute Gasteiger partial charge is 0.0372 e. The highest BCUT2D eigenvalue weighted by Crippen LogP contribution is 2.00. The van der Waals surface area contributed by atoms with Gasteiger partial charge < -0.3 is 4.90 Å². The average molecular weight is 164 g/mol. The summed E-state index contributed by atoms with van der Waals surface area (Å²) in [6.07, 6.45) is 3.04. The number of hydrogen-bond acceptors (Lipinski definition) is 2. The molecule has 0 atom stereocenters. The number of aromatic nitrogens is 1. The van der Waals surface area contributed by atoms with Crippen LogP contribution in [0, 0.1) is 6.92 Å². The van der Waals surface area contributed by atoms with Crippen LogP contribution in [0.25, 0.3) is 0 Å². The summed E-state index contributed by atoms with van der Waals surface area (Å²) in [6.45, 7) is 3.10. The SMILES string of the molecule is Cc1ccc(CCN(C)C)cn1. The highest BCUT2D eigenvalue weighted by Gasteiger charge is 1.94. The van der Waals surface area contributed by atoms with Crippen LogP contribution in [0.1, 0.15) is 11.3 Å². The summed E-state index contributed by atoms with van der Waals surface area (Å²) in [5, 5.41) is 0. The van der Waals surface area contributed by atoms with Crippen LogP contribution in [0.4, 0.5) is 0 Å². The monoisotopic (exact) mass is 164 g/mol. The van der Waals surface area contributed by atoms with E-state index < -0.39 is 0 Å². The average Bonchev–Trinajstić information content (AvgIpc) is 2.03. The molecule has 2 nitrogen and oxygen atoms in total. The molecule has 0 aliphatic heterocycles. The number of likely N-dealkylation sites (N-methyl/N-ethyl adjacent to an activating group) is 1. The first-order valence-electron chi connectivity index (χ1n) is 4.25. The van der Waals surface area contributed by atoms with Crippen molar-refractivity contribution in [1.82, 2.24) is 9.88 Å². The Hall–Kier alpha value is -0.890. The van der Waals surface area contributed by atoms with E-state index in [9.17, 15) is 0 Å². The van der Waals surface area contributed by atoms with Gasteiger partial charge >= 0.3 is 0 Å². The summed E-state index contributed by atoms with van der Waals surface area (Å²) >= 11 is 0. The van der Waals surface area contributed by atoms with E-state index in [-0.39, 0.29) is 0 Å². The maximum atomic E-state index is 4.24. The molecule has 0 aliphatic carbocycles. The van der Waals surface area contributed by atoms with E-state index in [1.807, 2.05) is 13.1 Å². The quantitative estimate of drug-likeness (QED) is 0.673. The predicted molar refractivity (Wildman–Crippen MR) is 51.2 cm³/mol. The van der Waals surface area contributed by atoms with Gasteiger partial charge in [-0.15, -0.1) is 0 Å². The Labute approximate surface area is 74.2 Å². The molecule has 0 aromatic carbocycles. The van der Waals surface area contributed by atoms with Gasteiger partial charge in [-0.05, 0) is 39.1 Å². The lowest BCUT2D eigenvalue weighted by Crippen LogP contribution is -2.15. The van der Waals surface area contributed by atoms with E-state index in [0.717, 1.165) is 18.7 Å². The van der Waals surface area contributed by atoms with Crippen LogP contribution in [0.15, 0.2) is 18.3 Å². The van der Waals surface area contributed by atoms with Gasteiger partial charge in [0.15, 0.2) is 0 Å². The van der Waals surface area contributed by atoms with Crippen LogP contribution < -0.4 is 0 Å². The Morgan fingerprint density at radius 3 is 2.58 bits per heavy atom. The Balaban J connectivity index is 2.48. The van der Waals surface area contributed by atoms with Gasteiger partial charge in [-0.2, -0.15) is 0 Å². The molecule has 0 fully saturated rings. The fourth-order valence-corrected chi connectivity index (χ4v) is 0.999. The van der Waals surface area contributed by atoms with Crippen molar-refractivity contribution >= 4 is 0 Å². The van der Waals surface area contributed by atoms with Crippen molar-refractivity contribution in [2.45, 2.75) is 13.3 Å². The van der Waals surface area contributed by atoms with E-state index in [2.05, 4.69) is 36.1 Å². The van der Waals surface area contributed by atoms with Gasteiger partial charge in [-0.1, -0.05) is 6.07 Å². The first-order chi connectivity index (χ1) is 5.68. The molecule has 2 heteroatoms. The lowest BCUT2D eigenvalue weighted by atomic mass is 10.2. The van der Waals surface area contributed by atoms with Gasteiger partial charge in [0.2, 0.25) is 0 Å². The third-order valence-corrected chi connectivity index (χ3v) is 1.82. The minimum atomic E-state index is 1.08. The Bertz CT molecular complexity index is 226. The summed E-state index contributed by atoms with van der Waals surface area (Å²) < 4.78 is 0. The molecule has 1 rings (SSSR count). The Morgan fingerprint density at radius 2 is 2.08 bits per heavy atom. The molecule has 1 heterocycles. The molecule has 0 N–H and O–H groups in total. The van der Waals surface area contributed by atoms with E-state index in [1.165, 1.54) is 5.56 Å². The highest BCUT2D eigenvalue weighted by molar-refractivity contribution is 5.13. The minimum Gasteiger partial charge on any atom is -0.309 e. The van der Waals surface area contributed by atoms with Crippen LogP contribution in [0.2, 0.25) is 0 Å². The topological polar surface area (TPSA) is 16.1 Å². The molecule has 0 saturated carbocycles. The third-order valence-electron chi connectivity index (χ3n) is 1.82. The Kier molecular flexibility index (Phi) is 3.23.